The van der Waals surface area contributed by atoms with Crippen molar-refractivity contribution in [2.24, 2.45) is 0 Å². The van der Waals surface area contributed by atoms with E-state index in [0.29, 0.717) is 24.8 Å². The Hall–Kier alpha value is -2.40. The van der Waals surface area contributed by atoms with Gasteiger partial charge in [-0.15, -0.1) is 0 Å². The lowest BCUT2D eigenvalue weighted by molar-refractivity contribution is 0.127. The van der Waals surface area contributed by atoms with E-state index in [2.05, 4.69) is 36.0 Å². The summed E-state index contributed by atoms with van der Waals surface area (Å²) in [5.74, 6) is 2.25. The first-order chi connectivity index (χ1) is 16.3. The molecular weight excluding hydrogens is 412 g/mol. The van der Waals surface area contributed by atoms with Gasteiger partial charge in [0.05, 0.1) is 25.6 Å². The number of nitrogens with zero attached hydrogens (tertiary/aromatic N) is 2. The fraction of sp³-hybridized carbons (Fsp3) is 0.571. The van der Waals surface area contributed by atoms with E-state index < -0.39 is 0 Å². The second kappa shape index (κ2) is 18.1. The summed E-state index contributed by atoms with van der Waals surface area (Å²) in [4.78, 5) is 8.89. The quantitative estimate of drug-likeness (QED) is 0.163. The highest BCUT2D eigenvalue weighted by Crippen LogP contribution is 2.20. The average Bonchev–Trinajstić information content (AvgIpc) is 2.85. The summed E-state index contributed by atoms with van der Waals surface area (Å²) in [5, 5.41) is 0. The Kier molecular flexibility index (Phi) is 14.7. The van der Waals surface area contributed by atoms with Crippen LogP contribution in [-0.4, -0.2) is 36.4 Å². The summed E-state index contributed by atoms with van der Waals surface area (Å²) >= 11 is 0. The van der Waals surface area contributed by atoms with Crippen LogP contribution in [0.1, 0.15) is 78.1 Å². The molecule has 0 unspecified atom stereocenters. The van der Waals surface area contributed by atoms with Crippen molar-refractivity contribution in [2.45, 2.75) is 78.1 Å². The molecule has 0 fully saturated rings. The molecule has 1 heterocycles. The molecule has 33 heavy (non-hydrogen) atoms. The number of aromatic nitrogens is 2. The molecule has 1 aromatic carbocycles. The van der Waals surface area contributed by atoms with Crippen molar-refractivity contribution in [1.29, 1.82) is 0 Å². The van der Waals surface area contributed by atoms with Crippen molar-refractivity contribution in [2.75, 3.05) is 26.4 Å². The Morgan fingerprint density at radius 3 is 2.09 bits per heavy atom. The normalized spacial score (nSPS) is 11.2. The molecule has 0 atom stereocenters. The predicted octanol–water partition coefficient (Wildman–Crippen LogP) is 7.41. The number of hydrogen-bond donors (Lipinski definition) is 0. The molecule has 0 saturated carbocycles. The van der Waals surface area contributed by atoms with Crippen molar-refractivity contribution in [3.05, 3.63) is 48.8 Å². The molecule has 2 rings (SSSR count). The highest BCUT2D eigenvalue weighted by Gasteiger charge is 2.03. The van der Waals surface area contributed by atoms with Crippen LogP contribution in [0.5, 0.6) is 11.5 Å². The first kappa shape index (κ1) is 26.8. The van der Waals surface area contributed by atoms with Crippen molar-refractivity contribution < 1.29 is 14.2 Å². The molecule has 182 valence electrons. The molecule has 0 spiro atoms. The van der Waals surface area contributed by atoms with Crippen LogP contribution in [0.15, 0.2) is 48.8 Å². The van der Waals surface area contributed by atoms with Gasteiger partial charge >= 0.3 is 0 Å². The monoisotopic (exact) mass is 454 g/mol. The zero-order chi connectivity index (χ0) is 23.4. The number of unbranched alkanes of at least 4 members (excludes halogenated alkanes) is 6. The fourth-order valence-electron chi connectivity index (χ4n) is 3.33. The van der Waals surface area contributed by atoms with E-state index in [0.717, 1.165) is 50.2 Å². The molecule has 0 aliphatic heterocycles. The lowest BCUT2D eigenvalue weighted by Crippen LogP contribution is -2.01. The highest BCUT2D eigenvalue weighted by atomic mass is 16.5. The Morgan fingerprint density at radius 2 is 1.33 bits per heavy atom. The van der Waals surface area contributed by atoms with Crippen molar-refractivity contribution in [1.82, 2.24) is 9.97 Å². The van der Waals surface area contributed by atoms with Gasteiger partial charge in [-0.3, -0.25) is 0 Å². The summed E-state index contributed by atoms with van der Waals surface area (Å²) in [6, 6.07) is 7.91. The number of benzene rings is 1. The van der Waals surface area contributed by atoms with E-state index in [-0.39, 0.29) is 0 Å². The minimum atomic E-state index is 0.645. The molecule has 0 bridgehead atoms. The van der Waals surface area contributed by atoms with Gasteiger partial charge in [0.25, 0.3) is 0 Å². The van der Waals surface area contributed by atoms with E-state index in [4.69, 9.17) is 14.2 Å². The summed E-state index contributed by atoms with van der Waals surface area (Å²) in [7, 11) is 0. The van der Waals surface area contributed by atoms with Crippen LogP contribution in [0.2, 0.25) is 0 Å². The van der Waals surface area contributed by atoms with Crippen LogP contribution in [-0.2, 0) is 4.74 Å². The van der Waals surface area contributed by atoms with Crippen LogP contribution in [0, 0.1) is 0 Å². The van der Waals surface area contributed by atoms with E-state index in [9.17, 15) is 0 Å². The number of rotatable bonds is 19. The average molecular weight is 455 g/mol. The van der Waals surface area contributed by atoms with Gasteiger partial charge in [-0.1, -0.05) is 51.7 Å². The van der Waals surface area contributed by atoms with Crippen molar-refractivity contribution in [3.8, 4) is 22.9 Å². The maximum absolute atomic E-state index is 5.80. The summed E-state index contributed by atoms with van der Waals surface area (Å²) < 4.78 is 17.0. The summed E-state index contributed by atoms with van der Waals surface area (Å²) in [6.45, 7) is 7.37. The van der Waals surface area contributed by atoms with Gasteiger partial charge in [-0.2, -0.15) is 0 Å². The Labute approximate surface area is 200 Å². The SMILES string of the molecule is CCCCCCCC=CCCOc1cnc(-c2ccc(OCCCCOCCC)cc2)nc1. The third kappa shape index (κ3) is 12.4. The highest BCUT2D eigenvalue weighted by molar-refractivity contribution is 5.56. The second-order valence-electron chi connectivity index (χ2n) is 8.25. The molecule has 0 N–H and O–H groups in total. The first-order valence-corrected chi connectivity index (χ1v) is 12.7. The van der Waals surface area contributed by atoms with E-state index in [1.165, 1.54) is 38.5 Å². The standard InChI is InChI=1S/C28H42N2O3/c1-3-5-6-7-8-9-10-11-12-21-33-27-23-29-28(30-24-27)25-15-17-26(18-16-25)32-22-14-13-20-31-19-4-2/h10-11,15-18,23-24H,3-9,12-14,19-22H2,1-2H3. The molecule has 5 nitrogen and oxygen atoms in total. The van der Waals surface area contributed by atoms with Crippen LogP contribution < -0.4 is 9.47 Å². The topological polar surface area (TPSA) is 53.5 Å². The first-order valence-electron chi connectivity index (χ1n) is 12.7. The second-order valence-corrected chi connectivity index (χ2v) is 8.25. The van der Waals surface area contributed by atoms with E-state index >= 15 is 0 Å². The minimum Gasteiger partial charge on any atom is -0.494 e. The lowest BCUT2D eigenvalue weighted by atomic mass is 10.1. The molecular formula is C28H42N2O3. The van der Waals surface area contributed by atoms with Crippen LogP contribution in [0.3, 0.4) is 0 Å². The summed E-state index contributed by atoms with van der Waals surface area (Å²) in [6.07, 6.45) is 19.7. The van der Waals surface area contributed by atoms with E-state index in [1.807, 2.05) is 24.3 Å². The van der Waals surface area contributed by atoms with Gasteiger partial charge in [0.1, 0.15) is 5.75 Å². The minimum absolute atomic E-state index is 0.645. The largest absolute Gasteiger partial charge is 0.494 e. The molecule has 0 saturated heterocycles. The zero-order valence-corrected chi connectivity index (χ0v) is 20.6. The third-order valence-electron chi connectivity index (χ3n) is 5.24. The molecule has 0 aliphatic rings. The zero-order valence-electron chi connectivity index (χ0n) is 20.6. The molecule has 5 heteroatoms. The number of allylic oxidation sites excluding steroid dienone is 1. The maximum atomic E-state index is 5.80. The van der Waals surface area contributed by atoms with Gasteiger partial charge < -0.3 is 14.2 Å². The van der Waals surface area contributed by atoms with Gasteiger partial charge in [-0.25, -0.2) is 9.97 Å². The predicted molar refractivity (Wildman–Crippen MR) is 136 cm³/mol. The fourth-order valence-corrected chi connectivity index (χ4v) is 3.33. The lowest BCUT2D eigenvalue weighted by Gasteiger charge is -2.08. The number of hydrogen-bond acceptors (Lipinski definition) is 5. The van der Waals surface area contributed by atoms with E-state index in [1.54, 1.807) is 12.4 Å². The molecule has 0 aliphatic carbocycles. The van der Waals surface area contributed by atoms with Crippen molar-refractivity contribution in [3.63, 3.8) is 0 Å². The molecule has 2 aromatic rings. The Morgan fingerprint density at radius 1 is 0.636 bits per heavy atom. The molecule has 0 amide bonds. The van der Waals surface area contributed by atoms with Crippen LogP contribution in [0.4, 0.5) is 0 Å². The number of ether oxygens (including phenoxy) is 3. The summed E-state index contributed by atoms with van der Waals surface area (Å²) in [5.41, 5.74) is 0.962. The van der Waals surface area contributed by atoms with Gasteiger partial charge in [0, 0.05) is 18.8 Å². The third-order valence-corrected chi connectivity index (χ3v) is 5.24. The Bertz CT molecular complexity index is 745. The van der Waals surface area contributed by atoms with Crippen LogP contribution in [0.25, 0.3) is 11.4 Å². The molecule has 0 radical (unpaired) electrons. The van der Waals surface area contributed by atoms with Gasteiger partial charge in [0.15, 0.2) is 11.6 Å². The molecule has 1 aromatic heterocycles. The maximum Gasteiger partial charge on any atom is 0.159 e. The Balaban J connectivity index is 1.61. The smallest absolute Gasteiger partial charge is 0.159 e. The van der Waals surface area contributed by atoms with Gasteiger partial charge in [0.2, 0.25) is 0 Å². The van der Waals surface area contributed by atoms with Crippen LogP contribution >= 0.6 is 0 Å². The van der Waals surface area contributed by atoms with Gasteiger partial charge in [-0.05, 0) is 62.8 Å². The van der Waals surface area contributed by atoms with Crippen molar-refractivity contribution >= 4 is 0 Å².